The molecule has 0 spiro atoms. The van der Waals surface area contributed by atoms with Crippen molar-refractivity contribution in [2.45, 2.75) is 25.3 Å². The number of nitrogens with one attached hydrogen (secondary N) is 1. The highest BCUT2D eigenvalue weighted by atomic mass is 16.1. The summed E-state index contributed by atoms with van der Waals surface area (Å²) in [5.41, 5.74) is 0.601. The van der Waals surface area contributed by atoms with Gasteiger partial charge in [0.2, 0.25) is 0 Å². The van der Waals surface area contributed by atoms with E-state index in [1.807, 2.05) is 23.9 Å². The molecule has 1 amide bonds. The first-order chi connectivity index (χ1) is 13.7. The minimum atomic E-state index is -0.119. The van der Waals surface area contributed by atoms with Gasteiger partial charge in [0.15, 0.2) is 5.82 Å². The van der Waals surface area contributed by atoms with E-state index in [0.717, 1.165) is 43.4 Å². The molecule has 1 atom stereocenters. The molecule has 1 saturated heterocycles. The first-order valence-corrected chi connectivity index (χ1v) is 9.43. The van der Waals surface area contributed by atoms with Gasteiger partial charge in [-0.1, -0.05) is 0 Å². The maximum atomic E-state index is 12.2. The van der Waals surface area contributed by atoms with E-state index in [-0.39, 0.29) is 11.8 Å². The van der Waals surface area contributed by atoms with Crippen LogP contribution in [-0.4, -0.2) is 55.3 Å². The third-order valence-corrected chi connectivity index (χ3v) is 5.23. The van der Waals surface area contributed by atoms with Gasteiger partial charge in [-0.25, -0.2) is 9.97 Å². The van der Waals surface area contributed by atoms with Gasteiger partial charge in [-0.2, -0.15) is 0 Å². The highest BCUT2D eigenvalue weighted by Crippen LogP contribution is 2.30. The van der Waals surface area contributed by atoms with Gasteiger partial charge in [-0.15, -0.1) is 10.2 Å². The summed E-state index contributed by atoms with van der Waals surface area (Å²) in [4.78, 5) is 23.0. The summed E-state index contributed by atoms with van der Waals surface area (Å²) in [5.74, 6) is 2.72. The number of aromatic nitrogens is 6. The monoisotopic (exact) mass is 380 g/mol. The van der Waals surface area contributed by atoms with Crippen molar-refractivity contribution in [2.24, 2.45) is 7.05 Å². The van der Waals surface area contributed by atoms with E-state index < -0.39 is 0 Å². The molecule has 1 fully saturated rings. The van der Waals surface area contributed by atoms with Gasteiger partial charge in [-0.3, -0.25) is 4.79 Å². The molecule has 0 aliphatic carbocycles. The Labute approximate surface area is 163 Å². The molecular weight excluding hydrogens is 356 g/mol. The zero-order chi connectivity index (χ0) is 19.5. The fraction of sp³-hybridized carbons (Fsp3) is 0.421. The van der Waals surface area contributed by atoms with Gasteiger partial charge in [0, 0.05) is 51.7 Å². The van der Waals surface area contributed by atoms with E-state index in [1.165, 1.54) is 0 Å². The maximum Gasteiger partial charge on any atom is 0.254 e. The first-order valence-electron chi connectivity index (χ1n) is 9.43. The van der Waals surface area contributed by atoms with Gasteiger partial charge in [0.1, 0.15) is 11.6 Å². The summed E-state index contributed by atoms with van der Waals surface area (Å²) >= 11 is 0. The molecule has 9 heteroatoms. The van der Waals surface area contributed by atoms with Crippen molar-refractivity contribution in [2.75, 3.05) is 25.0 Å². The topological polar surface area (TPSA) is 93.8 Å². The lowest BCUT2D eigenvalue weighted by Gasteiger charge is -2.33. The number of nitrogens with zero attached hydrogens (tertiary/aromatic N) is 7. The Balaban J connectivity index is 1.55. The predicted molar refractivity (Wildman–Crippen MR) is 104 cm³/mol. The standard InChI is InChI=1S/C19H24N8O/c1-20-19(28)15-6-3-7-22-18(15)27-9-4-5-14(11-27)17-24-23-16(25(17)2)12-26-10-8-21-13-26/h3,6-8,10,13-14H,4-5,9,11-12H2,1-2H3,(H,20,28)/t14-/m0/s1. The van der Waals surface area contributed by atoms with Crippen LogP contribution >= 0.6 is 0 Å². The summed E-state index contributed by atoms with van der Waals surface area (Å²) in [6.07, 6.45) is 9.23. The second kappa shape index (κ2) is 7.79. The number of amides is 1. The van der Waals surface area contributed by atoms with Crippen LogP contribution < -0.4 is 10.2 Å². The van der Waals surface area contributed by atoms with Crippen molar-refractivity contribution in [1.82, 2.24) is 34.6 Å². The lowest BCUT2D eigenvalue weighted by Crippen LogP contribution is -2.37. The summed E-state index contributed by atoms with van der Waals surface area (Å²) in [7, 11) is 3.65. The van der Waals surface area contributed by atoms with Gasteiger partial charge in [0.25, 0.3) is 5.91 Å². The Morgan fingerprint density at radius 2 is 2.21 bits per heavy atom. The molecular formula is C19H24N8O. The molecule has 4 rings (SSSR count). The number of carbonyl (C=O) groups excluding carboxylic acids is 1. The third kappa shape index (κ3) is 3.47. The summed E-state index contributed by atoms with van der Waals surface area (Å²) in [5, 5.41) is 11.6. The number of hydrogen-bond acceptors (Lipinski definition) is 6. The van der Waals surface area contributed by atoms with Crippen LogP contribution in [0, 0.1) is 0 Å². The Bertz CT molecular complexity index is 949. The highest BCUT2D eigenvalue weighted by molar-refractivity contribution is 5.98. The Kier molecular flexibility index (Phi) is 5.05. The Hall–Kier alpha value is -3.23. The van der Waals surface area contributed by atoms with Crippen LogP contribution in [-0.2, 0) is 13.6 Å². The molecule has 4 heterocycles. The molecule has 9 nitrogen and oxygen atoms in total. The predicted octanol–water partition coefficient (Wildman–Crippen LogP) is 1.20. The maximum absolute atomic E-state index is 12.2. The van der Waals surface area contributed by atoms with Gasteiger partial charge >= 0.3 is 0 Å². The number of pyridine rings is 1. The molecule has 3 aromatic heterocycles. The molecule has 1 aliphatic rings. The lowest BCUT2D eigenvalue weighted by atomic mass is 9.96. The number of anilines is 1. The fourth-order valence-corrected chi connectivity index (χ4v) is 3.75. The SMILES string of the molecule is CNC(=O)c1cccnc1N1CCC[C@H](c2nnc(Cn3ccnc3)n2C)C1. The van der Waals surface area contributed by atoms with Crippen molar-refractivity contribution in [3.8, 4) is 0 Å². The van der Waals surface area contributed by atoms with Gasteiger partial charge < -0.3 is 19.4 Å². The highest BCUT2D eigenvalue weighted by Gasteiger charge is 2.28. The van der Waals surface area contributed by atoms with E-state index in [0.29, 0.717) is 12.1 Å². The molecule has 1 aliphatic heterocycles. The first kappa shape index (κ1) is 18.1. The normalized spacial score (nSPS) is 16.9. The van der Waals surface area contributed by atoms with Crippen molar-refractivity contribution in [1.29, 1.82) is 0 Å². The average molecular weight is 380 g/mol. The van der Waals surface area contributed by atoms with Crippen LogP contribution in [0.3, 0.4) is 0 Å². The molecule has 0 saturated carbocycles. The molecule has 28 heavy (non-hydrogen) atoms. The number of hydrogen-bond donors (Lipinski definition) is 1. The van der Waals surface area contributed by atoms with E-state index in [4.69, 9.17) is 0 Å². The van der Waals surface area contributed by atoms with E-state index in [9.17, 15) is 4.79 Å². The molecule has 0 bridgehead atoms. The minimum absolute atomic E-state index is 0.119. The zero-order valence-corrected chi connectivity index (χ0v) is 16.1. The van der Waals surface area contributed by atoms with E-state index in [2.05, 4.69) is 34.9 Å². The lowest BCUT2D eigenvalue weighted by molar-refractivity contribution is 0.0963. The summed E-state index contributed by atoms with van der Waals surface area (Å²) in [6, 6.07) is 3.61. The van der Waals surface area contributed by atoms with Crippen LogP contribution in [0.2, 0.25) is 0 Å². The van der Waals surface area contributed by atoms with Gasteiger partial charge in [-0.05, 0) is 25.0 Å². The third-order valence-electron chi connectivity index (χ3n) is 5.23. The fourth-order valence-electron chi connectivity index (χ4n) is 3.75. The summed E-state index contributed by atoms with van der Waals surface area (Å²) < 4.78 is 4.05. The Morgan fingerprint density at radius 1 is 1.32 bits per heavy atom. The van der Waals surface area contributed by atoms with Crippen LogP contribution in [0.15, 0.2) is 37.1 Å². The summed E-state index contributed by atoms with van der Waals surface area (Å²) in [6.45, 7) is 2.27. The number of imidazole rings is 1. The zero-order valence-electron chi connectivity index (χ0n) is 16.1. The molecule has 0 radical (unpaired) electrons. The minimum Gasteiger partial charge on any atom is -0.355 e. The quantitative estimate of drug-likeness (QED) is 0.715. The molecule has 1 N–H and O–H groups in total. The molecule has 146 valence electrons. The molecule has 3 aromatic rings. The second-order valence-electron chi connectivity index (χ2n) is 7.01. The van der Waals surface area contributed by atoms with Crippen molar-refractivity contribution in [3.63, 3.8) is 0 Å². The van der Waals surface area contributed by atoms with Crippen LogP contribution in [0.5, 0.6) is 0 Å². The van der Waals surface area contributed by atoms with Crippen LogP contribution in [0.1, 0.15) is 40.8 Å². The number of carbonyl (C=O) groups is 1. The van der Waals surface area contributed by atoms with Crippen molar-refractivity contribution < 1.29 is 4.79 Å². The smallest absolute Gasteiger partial charge is 0.254 e. The average Bonchev–Trinajstić information content (AvgIpc) is 3.38. The van der Waals surface area contributed by atoms with Crippen molar-refractivity contribution >= 4 is 11.7 Å². The van der Waals surface area contributed by atoms with E-state index in [1.54, 1.807) is 31.8 Å². The second-order valence-corrected chi connectivity index (χ2v) is 7.01. The van der Waals surface area contributed by atoms with Gasteiger partial charge in [0.05, 0.1) is 18.4 Å². The van der Waals surface area contributed by atoms with Crippen LogP contribution in [0.4, 0.5) is 5.82 Å². The molecule has 0 aromatic carbocycles. The molecule has 0 unspecified atom stereocenters. The largest absolute Gasteiger partial charge is 0.355 e. The van der Waals surface area contributed by atoms with Crippen molar-refractivity contribution in [3.05, 3.63) is 54.3 Å². The van der Waals surface area contributed by atoms with Crippen LogP contribution in [0.25, 0.3) is 0 Å². The Morgan fingerprint density at radius 3 is 3.00 bits per heavy atom. The van der Waals surface area contributed by atoms with E-state index >= 15 is 0 Å². The number of rotatable bonds is 5. The number of piperidine rings is 1.